The summed E-state index contributed by atoms with van der Waals surface area (Å²) in [7, 11) is 0. The lowest BCUT2D eigenvalue weighted by atomic mass is 10.1. The maximum absolute atomic E-state index is 12.4. The summed E-state index contributed by atoms with van der Waals surface area (Å²) in [5, 5.41) is 14.0. The molecule has 2 aliphatic rings. The smallest absolute Gasteiger partial charge is 0.323 e. The lowest BCUT2D eigenvalue weighted by molar-refractivity contribution is -0.136. The van der Waals surface area contributed by atoms with E-state index < -0.39 is 18.4 Å². The molecule has 3 rings (SSSR count). The first kappa shape index (κ1) is 14.7. The maximum Gasteiger partial charge on any atom is 0.323 e. The first-order valence-electron chi connectivity index (χ1n) is 6.20. The van der Waals surface area contributed by atoms with E-state index in [0.717, 1.165) is 9.91 Å². The Labute approximate surface area is 134 Å². The van der Waals surface area contributed by atoms with Gasteiger partial charge in [-0.1, -0.05) is 42.2 Å². The molecule has 0 atom stereocenters. The molecule has 0 spiro atoms. The number of carboxylic acids is 1. The molecule has 2 aliphatic heterocycles. The number of amides is 2. The minimum Gasteiger partial charge on any atom is -0.480 e. The van der Waals surface area contributed by atoms with Gasteiger partial charge < -0.3 is 5.11 Å². The van der Waals surface area contributed by atoms with E-state index in [0.29, 0.717) is 11.3 Å². The fourth-order valence-corrected chi connectivity index (χ4v) is 3.15. The van der Waals surface area contributed by atoms with Crippen molar-refractivity contribution in [2.75, 3.05) is 17.2 Å². The SMILES string of the molecule is O=C(O)CN1C(=O)C(=NN2C(=O)CSC2=S)c2ccccc21. The van der Waals surface area contributed by atoms with Crippen molar-refractivity contribution in [3.63, 3.8) is 0 Å². The highest BCUT2D eigenvalue weighted by molar-refractivity contribution is 8.23. The minimum absolute atomic E-state index is 0.0232. The predicted octanol–water partition coefficient (Wildman–Crippen LogP) is 0.682. The summed E-state index contributed by atoms with van der Waals surface area (Å²) in [6, 6.07) is 6.71. The lowest BCUT2D eigenvalue weighted by Crippen LogP contribution is -2.36. The highest BCUT2D eigenvalue weighted by Crippen LogP contribution is 2.30. The number of fused-ring (bicyclic) bond motifs is 1. The molecule has 0 aromatic heterocycles. The average Bonchev–Trinajstić information content (AvgIpc) is 2.93. The van der Waals surface area contributed by atoms with E-state index in [1.54, 1.807) is 24.3 Å². The number of thiocarbonyl (C=S) groups is 1. The van der Waals surface area contributed by atoms with Crippen LogP contribution in [0.4, 0.5) is 5.69 Å². The number of aliphatic carboxylic acids is 1. The molecule has 9 heteroatoms. The first-order chi connectivity index (χ1) is 10.5. The maximum atomic E-state index is 12.4. The zero-order valence-electron chi connectivity index (χ0n) is 11.1. The average molecular weight is 335 g/mol. The third-order valence-corrected chi connectivity index (χ3v) is 4.46. The third kappa shape index (κ3) is 2.38. The Morgan fingerprint density at radius 2 is 2.09 bits per heavy atom. The van der Waals surface area contributed by atoms with E-state index in [1.165, 1.54) is 11.8 Å². The van der Waals surface area contributed by atoms with E-state index in [-0.39, 0.29) is 21.7 Å². The Bertz CT molecular complexity index is 731. The van der Waals surface area contributed by atoms with E-state index in [2.05, 4.69) is 5.10 Å². The van der Waals surface area contributed by atoms with Crippen LogP contribution in [0.3, 0.4) is 0 Å². The Morgan fingerprint density at radius 1 is 1.36 bits per heavy atom. The van der Waals surface area contributed by atoms with Crippen LogP contribution < -0.4 is 4.90 Å². The molecule has 1 aromatic rings. The van der Waals surface area contributed by atoms with Crippen molar-refractivity contribution in [2.24, 2.45) is 5.10 Å². The number of hydrogen-bond acceptors (Lipinski definition) is 6. The van der Waals surface area contributed by atoms with Crippen molar-refractivity contribution in [2.45, 2.75) is 0 Å². The molecule has 0 radical (unpaired) electrons. The van der Waals surface area contributed by atoms with Crippen molar-refractivity contribution in [3.05, 3.63) is 29.8 Å². The number of carboxylic acid groups (broad SMARTS) is 1. The largest absolute Gasteiger partial charge is 0.480 e. The van der Waals surface area contributed by atoms with Gasteiger partial charge in [0.1, 0.15) is 6.54 Å². The van der Waals surface area contributed by atoms with Gasteiger partial charge in [-0.3, -0.25) is 19.3 Å². The molecular weight excluding hydrogens is 326 g/mol. The molecule has 0 unspecified atom stereocenters. The Balaban J connectivity index is 2.05. The zero-order chi connectivity index (χ0) is 15.9. The fourth-order valence-electron chi connectivity index (χ4n) is 2.19. The van der Waals surface area contributed by atoms with Crippen LogP contribution in [-0.4, -0.2) is 50.2 Å². The van der Waals surface area contributed by atoms with Crippen LogP contribution in [0.15, 0.2) is 29.4 Å². The van der Waals surface area contributed by atoms with Gasteiger partial charge in [-0.05, 0) is 6.07 Å². The molecule has 1 N–H and O–H groups in total. The van der Waals surface area contributed by atoms with E-state index >= 15 is 0 Å². The van der Waals surface area contributed by atoms with Crippen molar-refractivity contribution in [1.82, 2.24) is 5.01 Å². The van der Waals surface area contributed by atoms with Gasteiger partial charge in [-0.15, -0.1) is 0 Å². The molecule has 2 amide bonds. The van der Waals surface area contributed by atoms with Crippen LogP contribution >= 0.6 is 24.0 Å². The van der Waals surface area contributed by atoms with E-state index in [1.807, 2.05) is 0 Å². The summed E-state index contributed by atoms with van der Waals surface area (Å²) >= 11 is 6.20. The van der Waals surface area contributed by atoms with Crippen LogP contribution in [0, 0.1) is 0 Å². The minimum atomic E-state index is -1.13. The van der Waals surface area contributed by atoms with Gasteiger partial charge in [-0.25, -0.2) is 0 Å². The molecule has 1 fully saturated rings. The molecule has 0 bridgehead atoms. The molecule has 22 heavy (non-hydrogen) atoms. The summed E-state index contributed by atoms with van der Waals surface area (Å²) in [6.45, 7) is -0.470. The van der Waals surface area contributed by atoms with Crippen molar-refractivity contribution in [1.29, 1.82) is 0 Å². The lowest BCUT2D eigenvalue weighted by Gasteiger charge is -2.13. The monoisotopic (exact) mass is 335 g/mol. The Kier molecular flexibility index (Phi) is 3.67. The standard InChI is InChI=1S/C13H9N3O4S2/c17-9-6-22-13(21)16(9)14-11-7-3-1-2-4-8(7)15(12(11)20)5-10(18)19/h1-4H,5-6H2,(H,18,19). The van der Waals surface area contributed by atoms with Gasteiger partial charge in [0.25, 0.3) is 11.8 Å². The number of thioether (sulfide) groups is 1. The molecular formula is C13H9N3O4S2. The summed E-state index contributed by atoms with van der Waals surface area (Å²) in [6.07, 6.45) is 0. The fraction of sp³-hybridized carbons (Fsp3) is 0.154. The van der Waals surface area contributed by atoms with Crippen molar-refractivity contribution >= 4 is 57.5 Å². The van der Waals surface area contributed by atoms with Gasteiger partial charge in [0.05, 0.1) is 11.4 Å². The summed E-state index contributed by atoms with van der Waals surface area (Å²) in [5.41, 5.74) is 0.968. The topological polar surface area (TPSA) is 90.3 Å². The van der Waals surface area contributed by atoms with E-state index in [4.69, 9.17) is 17.3 Å². The highest BCUT2D eigenvalue weighted by atomic mass is 32.2. The number of hydrogen-bond donors (Lipinski definition) is 1. The molecule has 112 valence electrons. The molecule has 1 saturated heterocycles. The van der Waals surface area contributed by atoms with Gasteiger partial charge in [0, 0.05) is 5.56 Å². The molecule has 0 aliphatic carbocycles. The number of nitrogens with zero attached hydrogens (tertiary/aromatic N) is 3. The third-order valence-electron chi connectivity index (χ3n) is 3.12. The second-order valence-corrected chi connectivity index (χ2v) is 6.12. The molecule has 1 aromatic carbocycles. The second kappa shape index (κ2) is 5.50. The number of anilines is 1. The number of carbonyl (C=O) groups is 3. The van der Waals surface area contributed by atoms with Gasteiger partial charge in [0.2, 0.25) is 0 Å². The van der Waals surface area contributed by atoms with Crippen LogP contribution in [0.1, 0.15) is 5.56 Å². The van der Waals surface area contributed by atoms with Crippen LogP contribution in [0.25, 0.3) is 0 Å². The molecule has 0 saturated carbocycles. The number of rotatable bonds is 3. The second-order valence-electron chi connectivity index (χ2n) is 4.51. The molecule has 2 heterocycles. The van der Waals surface area contributed by atoms with E-state index in [9.17, 15) is 14.4 Å². The normalized spacial score (nSPS) is 19.3. The number of benzene rings is 1. The summed E-state index contributed by atoms with van der Waals surface area (Å²) in [4.78, 5) is 36.2. The Hall–Kier alpha value is -2.26. The zero-order valence-corrected chi connectivity index (χ0v) is 12.7. The number of para-hydroxylation sites is 1. The molecule has 7 nitrogen and oxygen atoms in total. The quantitative estimate of drug-likeness (QED) is 0.817. The Morgan fingerprint density at radius 3 is 2.73 bits per heavy atom. The highest BCUT2D eigenvalue weighted by Gasteiger charge is 2.37. The number of carbonyl (C=O) groups excluding carboxylic acids is 2. The van der Waals surface area contributed by atoms with Crippen molar-refractivity contribution in [3.8, 4) is 0 Å². The van der Waals surface area contributed by atoms with Gasteiger partial charge >= 0.3 is 5.97 Å². The summed E-state index contributed by atoms with van der Waals surface area (Å²) < 4.78 is 0.277. The van der Waals surface area contributed by atoms with Crippen molar-refractivity contribution < 1.29 is 19.5 Å². The van der Waals surface area contributed by atoms with Crippen LogP contribution in [0.5, 0.6) is 0 Å². The van der Waals surface area contributed by atoms with Crippen LogP contribution in [0.2, 0.25) is 0 Å². The van der Waals surface area contributed by atoms with Gasteiger partial charge in [-0.2, -0.15) is 10.1 Å². The van der Waals surface area contributed by atoms with Crippen LogP contribution in [-0.2, 0) is 14.4 Å². The number of hydrazone groups is 1. The van der Waals surface area contributed by atoms with Gasteiger partial charge in [0.15, 0.2) is 10.0 Å². The summed E-state index contributed by atoms with van der Waals surface area (Å²) in [5.74, 6) is -1.81. The first-order valence-corrected chi connectivity index (χ1v) is 7.60. The predicted molar refractivity (Wildman–Crippen MR) is 84.9 cm³/mol.